The van der Waals surface area contributed by atoms with Gasteiger partial charge in [0, 0.05) is 12.0 Å². The van der Waals surface area contributed by atoms with Crippen LogP contribution in [0.25, 0.3) is 0 Å². The molecular weight excluding hydrogens is 322 g/mol. The van der Waals surface area contributed by atoms with Crippen molar-refractivity contribution in [2.24, 2.45) is 0 Å². The highest BCUT2D eigenvalue weighted by Gasteiger charge is 2.33. The first-order valence-electron chi connectivity index (χ1n) is 7.98. The molecule has 0 aromatic heterocycles. The Kier molecular flexibility index (Phi) is 3.72. The van der Waals surface area contributed by atoms with E-state index in [4.69, 9.17) is 9.47 Å². The predicted octanol–water partition coefficient (Wildman–Crippen LogP) is 1.55. The van der Waals surface area contributed by atoms with Crippen molar-refractivity contribution < 1.29 is 23.9 Å². The molecule has 4 rings (SSSR count). The number of carbonyl (C=O) groups excluding carboxylic acids is 3. The molecule has 6 nitrogen and oxygen atoms in total. The molecule has 2 aliphatic heterocycles. The molecule has 1 unspecified atom stereocenters. The standard InChI is InChI=1S/C19H15NO5/c21-17(6-11-4-2-1-3-5-11)20-15-8-12-7-13-10-24-18(22)14(13)9-16(12)25-19(15)23/h1-5,7,9,15H,6,8,10H2,(H,20,21). The normalized spacial score (nSPS) is 18.0. The van der Waals surface area contributed by atoms with E-state index in [0.717, 1.165) is 16.7 Å². The van der Waals surface area contributed by atoms with Crippen LogP contribution in [0.5, 0.6) is 5.75 Å². The van der Waals surface area contributed by atoms with Crippen molar-refractivity contribution in [1.82, 2.24) is 5.32 Å². The number of rotatable bonds is 3. The summed E-state index contributed by atoms with van der Waals surface area (Å²) in [6.07, 6.45) is 0.528. The van der Waals surface area contributed by atoms with Crippen molar-refractivity contribution in [3.05, 3.63) is 64.7 Å². The fourth-order valence-electron chi connectivity index (χ4n) is 3.08. The van der Waals surface area contributed by atoms with Crippen LogP contribution in [0.2, 0.25) is 0 Å². The maximum atomic E-state index is 12.2. The quantitative estimate of drug-likeness (QED) is 0.679. The molecule has 126 valence electrons. The van der Waals surface area contributed by atoms with Crippen LogP contribution in [0.15, 0.2) is 42.5 Å². The monoisotopic (exact) mass is 337 g/mol. The summed E-state index contributed by atoms with van der Waals surface area (Å²) in [7, 11) is 0. The van der Waals surface area contributed by atoms with Gasteiger partial charge in [0.05, 0.1) is 12.0 Å². The molecule has 1 atom stereocenters. The third-order valence-electron chi connectivity index (χ3n) is 4.33. The maximum Gasteiger partial charge on any atom is 0.339 e. The van der Waals surface area contributed by atoms with E-state index in [9.17, 15) is 14.4 Å². The highest BCUT2D eigenvalue weighted by Crippen LogP contribution is 2.32. The molecule has 25 heavy (non-hydrogen) atoms. The van der Waals surface area contributed by atoms with Crippen LogP contribution in [-0.4, -0.2) is 23.9 Å². The van der Waals surface area contributed by atoms with E-state index in [1.54, 1.807) is 12.1 Å². The van der Waals surface area contributed by atoms with E-state index in [2.05, 4.69) is 5.32 Å². The Morgan fingerprint density at radius 3 is 2.72 bits per heavy atom. The molecule has 0 spiro atoms. The van der Waals surface area contributed by atoms with E-state index in [0.29, 0.717) is 17.7 Å². The van der Waals surface area contributed by atoms with Gasteiger partial charge >= 0.3 is 11.9 Å². The highest BCUT2D eigenvalue weighted by atomic mass is 16.5. The molecule has 2 aromatic rings. The lowest BCUT2D eigenvalue weighted by atomic mass is 9.97. The molecular formula is C19H15NO5. The van der Waals surface area contributed by atoms with Crippen LogP contribution in [0.1, 0.15) is 27.0 Å². The lowest BCUT2D eigenvalue weighted by Crippen LogP contribution is -2.47. The summed E-state index contributed by atoms with van der Waals surface area (Å²) in [4.78, 5) is 36.0. The van der Waals surface area contributed by atoms with Gasteiger partial charge in [-0.05, 0) is 23.3 Å². The summed E-state index contributed by atoms with van der Waals surface area (Å²) in [5.74, 6) is -0.820. The van der Waals surface area contributed by atoms with Crippen LogP contribution in [0.4, 0.5) is 0 Å². The van der Waals surface area contributed by atoms with Gasteiger partial charge in [0.1, 0.15) is 18.4 Å². The number of ether oxygens (including phenoxy) is 2. The molecule has 0 aliphatic carbocycles. The Labute approximate surface area is 143 Å². The van der Waals surface area contributed by atoms with E-state index in [1.165, 1.54) is 0 Å². The van der Waals surface area contributed by atoms with Gasteiger partial charge in [0.15, 0.2) is 0 Å². The Hall–Kier alpha value is -3.15. The molecule has 2 aliphatic rings. The zero-order chi connectivity index (χ0) is 17.4. The number of nitrogens with one attached hydrogen (secondary N) is 1. The fraction of sp³-hybridized carbons (Fsp3) is 0.211. The number of hydrogen-bond acceptors (Lipinski definition) is 5. The summed E-state index contributed by atoms with van der Waals surface area (Å²) in [5, 5.41) is 2.72. The Bertz CT molecular complexity index is 875. The topological polar surface area (TPSA) is 81.7 Å². The van der Waals surface area contributed by atoms with Crippen molar-refractivity contribution in [3.63, 3.8) is 0 Å². The molecule has 0 fully saturated rings. The second-order valence-corrected chi connectivity index (χ2v) is 6.10. The summed E-state index contributed by atoms with van der Waals surface area (Å²) < 4.78 is 10.3. The molecule has 0 bridgehead atoms. The third-order valence-corrected chi connectivity index (χ3v) is 4.33. The Morgan fingerprint density at radius 2 is 1.92 bits per heavy atom. The van der Waals surface area contributed by atoms with Crippen molar-refractivity contribution in [3.8, 4) is 5.75 Å². The van der Waals surface area contributed by atoms with Gasteiger partial charge in [-0.15, -0.1) is 0 Å². The molecule has 6 heteroatoms. The van der Waals surface area contributed by atoms with Crippen molar-refractivity contribution in [2.45, 2.75) is 25.5 Å². The maximum absolute atomic E-state index is 12.2. The summed E-state index contributed by atoms with van der Waals surface area (Å²) in [6.45, 7) is 0.223. The molecule has 0 radical (unpaired) electrons. The number of cyclic esters (lactones) is 1. The van der Waals surface area contributed by atoms with Gasteiger partial charge in [-0.3, -0.25) is 4.79 Å². The minimum Gasteiger partial charge on any atom is -0.457 e. The molecule has 1 amide bonds. The number of amides is 1. The lowest BCUT2D eigenvalue weighted by molar-refractivity contribution is -0.140. The van der Waals surface area contributed by atoms with Crippen LogP contribution < -0.4 is 10.1 Å². The van der Waals surface area contributed by atoms with Gasteiger partial charge in [-0.25, -0.2) is 9.59 Å². The summed E-state index contributed by atoms with van der Waals surface area (Å²) in [6, 6.07) is 11.9. The second-order valence-electron chi connectivity index (χ2n) is 6.10. The minimum atomic E-state index is -0.736. The second kappa shape index (κ2) is 6.05. The van der Waals surface area contributed by atoms with Crippen LogP contribution in [0, 0.1) is 0 Å². The average molecular weight is 337 g/mol. The van der Waals surface area contributed by atoms with E-state index in [1.807, 2.05) is 30.3 Å². The first-order chi connectivity index (χ1) is 12.1. The third kappa shape index (κ3) is 2.98. The van der Waals surface area contributed by atoms with Gasteiger partial charge in [-0.1, -0.05) is 30.3 Å². The van der Waals surface area contributed by atoms with E-state index < -0.39 is 18.0 Å². The van der Waals surface area contributed by atoms with Crippen molar-refractivity contribution in [1.29, 1.82) is 0 Å². The Balaban J connectivity index is 1.49. The van der Waals surface area contributed by atoms with E-state index >= 15 is 0 Å². The van der Waals surface area contributed by atoms with E-state index in [-0.39, 0.29) is 18.9 Å². The first-order valence-corrected chi connectivity index (χ1v) is 7.98. The van der Waals surface area contributed by atoms with Gasteiger partial charge < -0.3 is 14.8 Å². The number of carbonyl (C=O) groups is 3. The molecule has 0 saturated heterocycles. The molecule has 0 saturated carbocycles. The lowest BCUT2D eigenvalue weighted by Gasteiger charge is -2.24. The largest absolute Gasteiger partial charge is 0.457 e. The number of fused-ring (bicyclic) bond motifs is 2. The molecule has 1 N–H and O–H groups in total. The van der Waals surface area contributed by atoms with Gasteiger partial charge in [0.25, 0.3) is 0 Å². The van der Waals surface area contributed by atoms with Crippen molar-refractivity contribution >= 4 is 17.8 Å². The first kappa shape index (κ1) is 15.4. The average Bonchev–Trinajstić information content (AvgIpc) is 2.95. The molecule has 2 aromatic carbocycles. The van der Waals surface area contributed by atoms with Crippen LogP contribution in [-0.2, 0) is 33.8 Å². The van der Waals surface area contributed by atoms with Crippen LogP contribution in [0.3, 0.4) is 0 Å². The predicted molar refractivity (Wildman–Crippen MR) is 87.0 cm³/mol. The zero-order valence-electron chi connectivity index (χ0n) is 13.3. The van der Waals surface area contributed by atoms with Crippen LogP contribution >= 0.6 is 0 Å². The number of benzene rings is 2. The zero-order valence-corrected chi connectivity index (χ0v) is 13.3. The molecule has 2 heterocycles. The SMILES string of the molecule is O=C(Cc1ccccc1)NC1Cc2cc3c(cc2OC1=O)C(=O)OC3. The summed E-state index contributed by atoms with van der Waals surface area (Å²) in [5.41, 5.74) is 2.86. The highest BCUT2D eigenvalue weighted by molar-refractivity contribution is 5.95. The number of esters is 2. The van der Waals surface area contributed by atoms with Crippen molar-refractivity contribution in [2.75, 3.05) is 0 Å². The Morgan fingerprint density at radius 1 is 1.12 bits per heavy atom. The summed E-state index contributed by atoms with van der Waals surface area (Å²) >= 11 is 0. The fourth-order valence-corrected chi connectivity index (χ4v) is 3.08. The number of hydrogen-bond donors (Lipinski definition) is 1. The smallest absolute Gasteiger partial charge is 0.339 e. The van der Waals surface area contributed by atoms with Gasteiger partial charge in [-0.2, -0.15) is 0 Å². The minimum absolute atomic E-state index is 0.198. The van der Waals surface area contributed by atoms with Gasteiger partial charge in [0.2, 0.25) is 5.91 Å².